The molecule has 0 aliphatic carbocycles. The number of amides is 1. The van der Waals surface area contributed by atoms with Crippen LogP contribution in [0.25, 0.3) is 10.8 Å². The van der Waals surface area contributed by atoms with Crippen molar-refractivity contribution >= 4 is 16.7 Å². The lowest BCUT2D eigenvalue weighted by atomic mass is 10.0. The van der Waals surface area contributed by atoms with Crippen molar-refractivity contribution in [2.75, 3.05) is 34.9 Å². The quantitative estimate of drug-likeness (QED) is 0.769. The van der Waals surface area contributed by atoms with E-state index in [2.05, 4.69) is 6.58 Å². The predicted molar refractivity (Wildman–Crippen MR) is 90.8 cm³/mol. The maximum atomic E-state index is 12.5. The fourth-order valence-corrected chi connectivity index (χ4v) is 2.43. The highest BCUT2D eigenvalue weighted by Gasteiger charge is 2.22. The van der Waals surface area contributed by atoms with Crippen molar-refractivity contribution in [3.63, 3.8) is 0 Å². The molecule has 0 bridgehead atoms. The number of rotatable bonds is 6. The first-order chi connectivity index (χ1) is 11.0. The Balaban J connectivity index is 2.84. The molecule has 2 rings (SSSR count). The van der Waals surface area contributed by atoms with Crippen molar-refractivity contribution in [3.8, 4) is 17.2 Å². The highest BCUT2D eigenvalue weighted by molar-refractivity contribution is 6.08. The molecule has 0 unspecified atom stereocenters. The summed E-state index contributed by atoms with van der Waals surface area (Å²) in [7, 11) is 6.51. The number of hydrogen-bond acceptors (Lipinski definition) is 4. The monoisotopic (exact) mass is 315 g/mol. The molecule has 0 heterocycles. The highest BCUT2D eigenvalue weighted by Crippen LogP contribution is 2.42. The molecule has 2 aromatic rings. The van der Waals surface area contributed by atoms with Crippen LogP contribution in [0, 0.1) is 0 Å². The Bertz CT molecular complexity index is 737. The van der Waals surface area contributed by atoms with Crippen molar-refractivity contribution in [2.45, 2.75) is 0 Å². The molecule has 2 aromatic carbocycles. The first-order valence-electron chi connectivity index (χ1n) is 7.18. The average Bonchev–Trinajstić information content (AvgIpc) is 2.57. The van der Waals surface area contributed by atoms with E-state index in [0.29, 0.717) is 34.8 Å². The minimum atomic E-state index is -0.168. The van der Waals surface area contributed by atoms with Gasteiger partial charge in [-0.25, -0.2) is 0 Å². The average molecular weight is 315 g/mol. The van der Waals surface area contributed by atoms with Gasteiger partial charge in [0.1, 0.15) is 23.9 Å². The molecule has 0 radical (unpaired) electrons. The van der Waals surface area contributed by atoms with E-state index < -0.39 is 0 Å². The van der Waals surface area contributed by atoms with Crippen molar-refractivity contribution in [1.82, 2.24) is 4.90 Å². The standard InChI is InChI=1S/C18H21NO4/c1-6-10-23-15-11-13(18(20)19(2)3)17(22-5)16-12(15)8-7-9-14(16)21-4/h6-9,11H,1,10H2,2-5H3. The van der Waals surface area contributed by atoms with E-state index in [-0.39, 0.29) is 5.91 Å². The molecule has 122 valence electrons. The largest absolute Gasteiger partial charge is 0.496 e. The second-order valence-corrected chi connectivity index (χ2v) is 5.14. The topological polar surface area (TPSA) is 48.0 Å². The Morgan fingerprint density at radius 3 is 2.52 bits per heavy atom. The summed E-state index contributed by atoms with van der Waals surface area (Å²) in [5, 5.41) is 1.53. The van der Waals surface area contributed by atoms with Crippen LogP contribution >= 0.6 is 0 Å². The Kier molecular flexibility index (Phi) is 5.11. The second-order valence-electron chi connectivity index (χ2n) is 5.14. The Hall–Kier alpha value is -2.69. The predicted octanol–water partition coefficient (Wildman–Crippen LogP) is 3.12. The Labute approximate surface area is 136 Å². The van der Waals surface area contributed by atoms with Gasteiger partial charge >= 0.3 is 0 Å². The van der Waals surface area contributed by atoms with E-state index in [9.17, 15) is 4.79 Å². The summed E-state index contributed by atoms with van der Waals surface area (Å²) in [6.07, 6.45) is 1.66. The molecule has 23 heavy (non-hydrogen) atoms. The molecular formula is C18H21NO4. The van der Waals surface area contributed by atoms with E-state index in [1.807, 2.05) is 18.2 Å². The number of carbonyl (C=O) groups is 1. The summed E-state index contributed by atoms with van der Waals surface area (Å²) in [4.78, 5) is 14.0. The lowest BCUT2D eigenvalue weighted by Gasteiger charge is -2.19. The van der Waals surface area contributed by atoms with Gasteiger partial charge in [-0.3, -0.25) is 4.79 Å². The van der Waals surface area contributed by atoms with E-state index in [1.165, 1.54) is 12.0 Å². The zero-order valence-corrected chi connectivity index (χ0v) is 13.9. The number of carbonyl (C=O) groups excluding carboxylic acids is 1. The molecular weight excluding hydrogens is 294 g/mol. The molecule has 0 aliphatic heterocycles. The van der Waals surface area contributed by atoms with E-state index >= 15 is 0 Å². The molecule has 5 heteroatoms. The van der Waals surface area contributed by atoms with Crippen molar-refractivity contribution in [3.05, 3.63) is 42.5 Å². The molecule has 0 atom stereocenters. The maximum Gasteiger partial charge on any atom is 0.257 e. The van der Waals surface area contributed by atoms with Crippen LogP contribution in [0.15, 0.2) is 36.9 Å². The van der Waals surface area contributed by atoms with Gasteiger partial charge in [-0.05, 0) is 12.1 Å². The summed E-state index contributed by atoms with van der Waals surface area (Å²) in [6, 6.07) is 7.30. The van der Waals surface area contributed by atoms with E-state index in [0.717, 1.165) is 5.39 Å². The van der Waals surface area contributed by atoms with E-state index in [4.69, 9.17) is 14.2 Å². The van der Waals surface area contributed by atoms with Gasteiger partial charge in [-0.15, -0.1) is 0 Å². The zero-order chi connectivity index (χ0) is 17.0. The van der Waals surface area contributed by atoms with Crippen molar-refractivity contribution < 1.29 is 19.0 Å². The molecule has 0 saturated carbocycles. The van der Waals surface area contributed by atoms with Crippen LogP contribution in [0.2, 0.25) is 0 Å². The molecule has 0 N–H and O–H groups in total. The molecule has 1 amide bonds. The number of ether oxygens (including phenoxy) is 3. The summed E-state index contributed by atoms with van der Waals surface area (Å²) < 4.78 is 16.7. The lowest BCUT2D eigenvalue weighted by molar-refractivity contribution is 0.0824. The lowest BCUT2D eigenvalue weighted by Crippen LogP contribution is -2.22. The Morgan fingerprint density at radius 2 is 1.96 bits per heavy atom. The smallest absolute Gasteiger partial charge is 0.257 e. The minimum absolute atomic E-state index is 0.168. The van der Waals surface area contributed by atoms with E-state index in [1.54, 1.807) is 33.3 Å². The summed E-state index contributed by atoms with van der Waals surface area (Å²) in [6.45, 7) is 4.00. The third-order valence-corrected chi connectivity index (χ3v) is 3.46. The summed E-state index contributed by atoms with van der Waals surface area (Å²) in [5.74, 6) is 1.52. The third kappa shape index (κ3) is 3.08. The van der Waals surface area contributed by atoms with Crippen LogP contribution in [-0.4, -0.2) is 45.7 Å². The van der Waals surface area contributed by atoms with Gasteiger partial charge in [-0.2, -0.15) is 0 Å². The molecule has 5 nitrogen and oxygen atoms in total. The fourth-order valence-electron chi connectivity index (χ4n) is 2.43. The molecule has 0 aliphatic rings. The van der Waals surface area contributed by atoms with Gasteiger partial charge in [0, 0.05) is 19.5 Å². The van der Waals surface area contributed by atoms with Crippen molar-refractivity contribution in [2.24, 2.45) is 0 Å². The van der Waals surface area contributed by atoms with Crippen LogP contribution < -0.4 is 14.2 Å². The summed E-state index contributed by atoms with van der Waals surface area (Å²) >= 11 is 0. The Morgan fingerprint density at radius 1 is 1.22 bits per heavy atom. The number of fused-ring (bicyclic) bond motifs is 1. The highest BCUT2D eigenvalue weighted by atomic mass is 16.5. The van der Waals surface area contributed by atoms with Crippen LogP contribution in [0.1, 0.15) is 10.4 Å². The first-order valence-corrected chi connectivity index (χ1v) is 7.18. The number of nitrogens with zero attached hydrogens (tertiary/aromatic N) is 1. The number of methoxy groups -OCH3 is 2. The van der Waals surface area contributed by atoms with Crippen LogP contribution in [0.3, 0.4) is 0 Å². The van der Waals surface area contributed by atoms with Gasteiger partial charge in [0.15, 0.2) is 0 Å². The van der Waals surface area contributed by atoms with Crippen LogP contribution in [-0.2, 0) is 0 Å². The van der Waals surface area contributed by atoms with Gasteiger partial charge in [-0.1, -0.05) is 24.8 Å². The zero-order valence-electron chi connectivity index (χ0n) is 13.9. The molecule has 0 aromatic heterocycles. The first kappa shape index (κ1) is 16.7. The second kappa shape index (κ2) is 7.05. The summed E-state index contributed by atoms with van der Waals surface area (Å²) in [5.41, 5.74) is 0.425. The SMILES string of the molecule is C=CCOc1cc(C(=O)N(C)C)c(OC)c2c(OC)cccc12. The third-order valence-electron chi connectivity index (χ3n) is 3.46. The number of benzene rings is 2. The molecule has 0 fully saturated rings. The van der Waals surface area contributed by atoms with Gasteiger partial charge in [0.25, 0.3) is 5.91 Å². The van der Waals surface area contributed by atoms with Gasteiger partial charge in [0.05, 0.1) is 25.2 Å². The van der Waals surface area contributed by atoms with Gasteiger partial charge < -0.3 is 19.1 Å². The van der Waals surface area contributed by atoms with Gasteiger partial charge in [0.2, 0.25) is 0 Å². The van der Waals surface area contributed by atoms with Crippen LogP contribution in [0.4, 0.5) is 0 Å². The fraction of sp³-hybridized carbons (Fsp3) is 0.278. The maximum absolute atomic E-state index is 12.5. The molecule has 0 spiro atoms. The molecule has 0 saturated heterocycles. The minimum Gasteiger partial charge on any atom is -0.496 e. The van der Waals surface area contributed by atoms with Crippen molar-refractivity contribution in [1.29, 1.82) is 0 Å². The number of hydrogen-bond donors (Lipinski definition) is 0. The van der Waals surface area contributed by atoms with Crippen LogP contribution in [0.5, 0.6) is 17.2 Å². The normalized spacial score (nSPS) is 10.3.